The molecule has 0 spiro atoms. The molecule has 2 nitrogen and oxygen atoms in total. The number of halogens is 3. The lowest BCUT2D eigenvalue weighted by molar-refractivity contribution is 0.0433. The molecule has 2 atom stereocenters. The lowest BCUT2D eigenvalue weighted by Crippen LogP contribution is -2.30. The minimum Gasteiger partial charge on any atom is -0.485 e. The van der Waals surface area contributed by atoms with Gasteiger partial charge < -0.3 is 9.84 Å². The van der Waals surface area contributed by atoms with Gasteiger partial charge in [0.2, 0.25) is 0 Å². The van der Waals surface area contributed by atoms with Crippen LogP contribution in [-0.2, 0) is 0 Å². The molecule has 3 rings (SSSR count). The Labute approximate surface area is 139 Å². The summed E-state index contributed by atoms with van der Waals surface area (Å²) in [6.45, 7) is 0. The molecule has 2 aromatic carbocycles. The summed E-state index contributed by atoms with van der Waals surface area (Å²) in [7, 11) is 0. The van der Waals surface area contributed by atoms with Crippen LogP contribution in [0.4, 0.5) is 4.39 Å². The van der Waals surface area contributed by atoms with Gasteiger partial charge in [-0.05, 0) is 34.1 Å². The number of ether oxygens (including phenoxy) is 1. The first-order valence-corrected chi connectivity index (χ1v) is 8.43. The lowest BCUT2D eigenvalue weighted by atomic mass is 10.0. The van der Waals surface area contributed by atoms with Crippen LogP contribution in [0.1, 0.15) is 11.7 Å². The first kappa shape index (κ1) is 15.2. The molecule has 0 aliphatic carbocycles. The van der Waals surface area contributed by atoms with Gasteiger partial charge in [-0.15, -0.1) is 11.8 Å². The van der Waals surface area contributed by atoms with Crippen molar-refractivity contribution in [1.82, 2.24) is 0 Å². The quantitative estimate of drug-likeness (QED) is 0.746. The molecule has 2 unspecified atom stereocenters. The normalized spacial score (nSPS) is 18.8. The lowest BCUT2D eigenvalue weighted by Gasteiger charge is -2.29. The summed E-state index contributed by atoms with van der Waals surface area (Å²) in [5.74, 6) is 0.637. The third kappa shape index (κ3) is 2.93. The summed E-state index contributed by atoms with van der Waals surface area (Å²) >= 11 is 10.6. The van der Waals surface area contributed by atoms with Gasteiger partial charge in [-0.2, -0.15) is 0 Å². The van der Waals surface area contributed by atoms with Gasteiger partial charge in [0.1, 0.15) is 23.8 Å². The monoisotopic (exact) mass is 388 g/mol. The average Bonchev–Trinajstić information content (AvgIpc) is 2.52. The minimum absolute atomic E-state index is 0.0320. The van der Waals surface area contributed by atoms with E-state index in [9.17, 15) is 9.50 Å². The van der Waals surface area contributed by atoms with Crippen molar-refractivity contribution in [2.24, 2.45) is 0 Å². The van der Waals surface area contributed by atoms with Crippen molar-refractivity contribution in [2.75, 3.05) is 5.75 Å². The second-order valence-corrected chi connectivity index (χ2v) is 6.92. The van der Waals surface area contributed by atoms with Gasteiger partial charge in [-0.3, -0.25) is 0 Å². The van der Waals surface area contributed by atoms with Crippen LogP contribution < -0.4 is 4.74 Å². The van der Waals surface area contributed by atoms with Crippen molar-refractivity contribution in [2.45, 2.75) is 17.1 Å². The molecule has 110 valence electrons. The molecule has 0 aromatic heterocycles. The van der Waals surface area contributed by atoms with Crippen molar-refractivity contribution in [3.05, 3.63) is 57.3 Å². The van der Waals surface area contributed by atoms with E-state index in [0.29, 0.717) is 16.0 Å². The fourth-order valence-electron chi connectivity index (χ4n) is 2.16. The molecule has 0 saturated carbocycles. The number of aliphatic hydroxyl groups is 1. The number of aliphatic hydroxyl groups excluding tert-OH is 1. The molecule has 1 aliphatic heterocycles. The van der Waals surface area contributed by atoms with Crippen molar-refractivity contribution >= 4 is 39.3 Å². The van der Waals surface area contributed by atoms with Crippen LogP contribution in [0.2, 0.25) is 5.02 Å². The Bertz CT molecular complexity index is 683. The first-order chi connectivity index (χ1) is 10.1. The van der Waals surface area contributed by atoms with Crippen molar-refractivity contribution in [3.63, 3.8) is 0 Å². The largest absolute Gasteiger partial charge is 0.485 e. The average molecular weight is 390 g/mol. The smallest absolute Gasteiger partial charge is 0.148 e. The fourth-order valence-corrected chi connectivity index (χ4v) is 3.67. The highest BCUT2D eigenvalue weighted by molar-refractivity contribution is 9.10. The third-order valence-electron chi connectivity index (χ3n) is 3.27. The summed E-state index contributed by atoms with van der Waals surface area (Å²) in [6, 6.07) is 10.7. The maximum absolute atomic E-state index is 14.2. The van der Waals surface area contributed by atoms with Crippen LogP contribution in [0, 0.1) is 5.82 Å². The van der Waals surface area contributed by atoms with Crippen LogP contribution in [0.15, 0.2) is 45.8 Å². The van der Waals surface area contributed by atoms with E-state index in [1.807, 2.05) is 24.3 Å². The van der Waals surface area contributed by atoms with Crippen LogP contribution in [0.3, 0.4) is 0 Å². The molecule has 1 N–H and O–H groups in total. The van der Waals surface area contributed by atoms with Gasteiger partial charge in [-0.1, -0.05) is 29.8 Å². The van der Waals surface area contributed by atoms with Gasteiger partial charge >= 0.3 is 0 Å². The zero-order valence-electron chi connectivity index (χ0n) is 10.7. The standard InChI is InChI=1S/C15H11BrClFO2S/c16-9-6-5-8(14(18)13(9)17)15(19)11-7-21-12-4-2-1-3-10(12)20-11/h1-6,11,15,19H,7H2. The van der Waals surface area contributed by atoms with Gasteiger partial charge in [0.15, 0.2) is 0 Å². The van der Waals surface area contributed by atoms with E-state index in [2.05, 4.69) is 15.9 Å². The van der Waals surface area contributed by atoms with E-state index in [0.717, 1.165) is 4.90 Å². The number of hydrogen-bond donors (Lipinski definition) is 1. The van der Waals surface area contributed by atoms with Crippen LogP contribution in [0.5, 0.6) is 5.75 Å². The molecular weight excluding hydrogens is 379 g/mol. The molecule has 1 heterocycles. The van der Waals surface area contributed by atoms with Gasteiger partial charge in [0.25, 0.3) is 0 Å². The van der Waals surface area contributed by atoms with Crippen LogP contribution in [0.25, 0.3) is 0 Å². The topological polar surface area (TPSA) is 29.5 Å². The highest BCUT2D eigenvalue weighted by atomic mass is 79.9. The Morgan fingerprint density at radius 1 is 1.33 bits per heavy atom. The molecule has 0 radical (unpaired) electrons. The Morgan fingerprint density at radius 3 is 2.90 bits per heavy atom. The van der Waals surface area contributed by atoms with E-state index in [-0.39, 0.29) is 10.6 Å². The number of hydrogen-bond acceptors (Lipinski definition) is 3. The second-order valence-electron chi connectivity index (χ2n) is 4.62. The maximum Gasteiger partial charge on any atom is 0.148 e. The number of fused-ring (bicyclic) bond motifs is 1. The predicted molar refractivity (Wildman–Crippen MR) is 85.7 cm³/mol. The molecular formula is C15H11BrClFO2S. The number of benzene rings is 2. The highest BCUT2D eigenvalue weighted by Gasteiger charge is 2.30. The minimum atomic E-state index is -1.07. The Morgan fingerprint density at radius 2 is 2.10 bits per heavy atom. The van der Waals surface area contributed by atoms with E-state index in [1.165, 1.54) is 6.07 Å². The molecule has 0 fully saturated rings. The second kappa shape index (κ2) is 6.16. The summed E-state index contributed by atoms with van der Waals surface area (Å²) in [5, 5.41) is 10.4. The zero-order valence-corrected chi connectivity index (χ0v) is 13.9. The van der Waals surface area contributed by atoms with Crippen molar-refractivity contribution in [1.29, 1.82) is 0 Å². The van der Waals surface area contributed by atoms with E-state index >= 15 is 0 Å². The summed E-state index contributed by atoms with van der Waals surface area (Å²) in [5.41, 5.74) is 0.146. The fraction of sp³-hybridized carbons (Fsp3) is 0.200. The molecule has 2 aromatic rings. The molecule has 0 saturated heterocycles. The highest BCUT2D eigenvalue weighted by Crippen LogP contribution is 2.39. The van der Waals surface area contributed by atoms with Crippen LogP contribution in [-0.4, -0.2) is 17.0 Å². The van der Waals surface area contributed by atoms with Gasteiger partial charge in [-0.25, -0.2) is 4.39 Å². The number of thioether (sulfide) groups is 1. The molecule has 21 heavy (non-hydrogen) atoms. The Kier molecular flexibility index (Phi) is 4.45. The SMILES string of the molecule is OC(c1ccc(Br)c(Cl)c1F)C1CSc2ccccc2O1. The molecule has 0 amide bonds. The molecule has 1 aliphatic rings. The van der Waals surface area contributed by atoms with E-state index < -0.39 is 18.0 Å². The molecule has 0 bridgehead atoms. The summed E-state index contributed by atoms with van der Waals surface area (Å²) in [4.78, 5) is 1.02. The number of rotatable bonds is 2. The van der Waals surface area contributed by atoms with E-state index in [1.54, 1.807) is 17.8 Å². The zero-order chi connectivity index (χ0) is 15.0. The summed E-state index contributed by atoms with van der Waals surface area (Å²) in [6.07, 6.45) is -1.59. The van der Waals surface area contributed by atoms with Crippen LogP contribution >= 0.6 is 39.3 Å². The van der Waals surface area contributed by atoms with Gasteiger partial charge in [0, 0.05) is 20.7 Å². The maximum atomic E-state index is 14.2. The van der Waals surface area contributed by atoms with Crippen molar-refractivity contribution in [3.8, 4) is 5.75 Å². The van der Waals surface area contributed by atoms with E-state index in [4.69, 9.17) is 16.3 Å². The Hall–Kier alpha value is -0.750. The summed E-state index contributed by atoms with van der Waals surface area (Å²) < 4.78 is 20.4. The third-order valence-corrected chi connectivity index (χ3v) is 5.67. The predicted octanol–water partition coefficient (Wildman–Crippen LogP) is 4.83. The molecule has 6 heteroatoms. The first-order valence-electron chi connectivity index (χ1n) is 6.28. The van der Waals surface area contributed by atoms with Gasteiger partial charge in [0.05, 0.1) is 5.02 Å². The Balaban J connectivity index is 1.87. The van der Waals surface area contributed by atoms with Crippen molar-refractivity contribution < 1.29 is 14.2 Å². The number of para-hydroxylation sites is 1.